The summed E-state index contributed by atoms with van der Waals surface area (Å²) in [5.74, 6) is 13.7. The lowest BCUT2D eigenvalue weighted by Gasteiger charge is -2.55. The molecular weight excluding hydrogens is 751 g/mol. The van der Waals surface area contributed by atoms with Crippen LogP contribution in [0.2, 0.25) is 0 Å². The SMILES string of the molecule is C1CCC2C(C1)CC(C1CCC(N(C3CCC(C4CCCC5C6CCC7OC8CCCCC8C7C6OC45)CC3)C3CCC4C(C3)SC3CCCCC34)CC1)C1CCCCC21. The summed E-state index contributed by atoms with van der Waals surface area (Å²) in [6.07, 6.45) is 52.3. The van der Waals surface area contributed by atoms with Gasteiger partial charge in [-0.2, -0.15) is 11.8 Å². The molecule has 0 aromatic rings. The molecule has 10 aliphatic carbocycles. The number of hydrogen-bond acceptors (Lipinski definition) is 4. The number of fused-ring (bicyclic) bond motifs is 13. The van der Waals surface area contributed by atoms with Crippen LogP contribution < -0.4 is 0 Å². The Hall–Kier alpha value is 0.230. The van der Waals surface area contributed by atoms with E-state index in [9.17, 15) is 0 Å². The van der Waals surface area contributed by atoms with Gasteiger partial charge in [0.25, 0.3) is 0 Å². The van der Waals surface area contributed by atoms with Gasteiger partial charge in [0.2, 0.25) is 0 Å². The molecule has 4 heteroatoms. The van der Waals surface area contributed by atoms with E-state index in [-0.39, 0.29) is 0 Å². The van der Waals surface area contributed by atoms with Crippen LogP contribution in [0.1, 0.15) is 212 Å². The van der Waals surface area contributed by atoms with E-state index in [1.165, 1.54) is 103 Å². The van der Waals surface area contributed by atoms with Gasteiger partial charge in [0.1, 0.15) is 0 Å². The van der Waals surface area contributed by atoms with Crippen molar-refractivity contribution in [3.05, 3.63) is 0 Å². The molecule has 3 saturated heterocycles. The summed E-state index contributed by atoms with van der Waals surface area (Å²) in [4.78, 5) is 3.40. The molecule has 3 nitrogen and oxygen atoms in total. The highest BCUT2D eigenvalue weighted by Gasteiger charge is 2.61. The first-order valence-electron chi connectivity index (χ1n) is 28.5. The van der Waals surface area contributed by atoms with Crippen molar-refractivity contribution in [2.24, 2.45) is 82.9 Å². The molecule has 0 N–H and O–H groups in total. The van der Waals surface area contributed by atoms with Gasteiger partial charge >= 0.3 is 0 Å². The summed E-state index contributed by atoms with van der Waals surface area (Å²) < 4.78 is 14.4. The Morgan fingerprint density at radius 3 is 1.67 bits per heavy atom. The molecule has 13 rings (SSSR count). The van der Waals surface area contributed by atoms with Crippen molar-refractivity contribution in [3.8, 4) is 0 Å². The van der Waals surface area contributed by atoms with E-state index in [0.717, 1.165) is 111 Å². The highest BCUT2D eigenvalue weighted by atomic mass is 32.2. The maximum absolute atomic E-state index is 7.57. The molecule has 0 aromatic heterocycles. The topological polar surface area (TPSA) is 21.7 Å². The lowest BCUT2D eigenvalue weighted by Crippen LogP contribution is -2.55. The number of nitrogens with zero attached hydrogens (tertiary/aromatic N) is 1. The van der Waals surface area contributed by atoms with Crippen molar-refractivity contribution < 1.29 is 9.47 Å². The molecular formula is C56H89NO2S. The van der Waals surface area contributed by atoms with Gasteiger partial charge in [0.05, 0.1) is 24.4 Å². The van der Waals surface area contributed by atoms with E-state index >= 15 is 0 Å². The average Bonchev–Trinajstić information content (AvgIpc) is 4.00. The molecule has 10 saturated carbocycles. The Kier molecular flexibility index (Phi) is 11.6. The van der Waals surface area contributed by atoms with E-state index in [4.69, 9.17) is 9.47 Å². The van der Waals surface area contributed by atoms with Gasteiger partial charge in [-0.15, -0.1) is 0 Å². The predicted octanol–water partition coefficient (Wildman–Crippen LogP) is 14.0. The zero-order valence-electron chi connectivity index (χ0n) is 38.3. The molecule has 0 amide bonds. The number of rotatable bonds is 5. The van der Waals surface area contributed by atoms with Gasteiger partial charge in [-0.05, 0) is 225 Å². The molecule has 3 aliphatic heterocycles. The summed E-state index contributed by atoms with van der Waals surface area (Å²) in [5.41, 5.74) is 0. The second-order valence-electron chi connectivity index (χ2n) is 25.4. The highest BCUT2D eigenvalue weighted by Crippen LogP contribution is 2.61. The molecule has 0 spiro atoms. The predicted molar refractivity (Wildman–Crippen MR) is 247 cm³/mol. The number of thioether (sulfide) groups is 1. The van der Waals surface area contributed by atoms with E-state index in [2.05, 4.69) is 16.7 Å². The summed E-state index contributed by atoms with van der Waals surface area (Å²) >= 11 is 2.53. The third-order valence-corrected chi connectivity index (χ3v) is 25.2. The van der Waals surface area contributed by atoms with Crippen molar-refractivity contribution in [2.75, 3.05) is 0 Å². The van der Waals surface area contributed by atoms with Crippen molar-refractivity contribution in [1.29, 1.82) is 0 Å². The van der Waals surface area contributed by atoms with Crippen molar-refractivity contribution in [3.63, 3.8) is 0 Å². The molecule has 13 fully saturated rings. The Morgan fingerprint density at radius 1 is 0.300 bits per heavy atom. The summed E-state index contributed by atoms with van der Waals surface area (Å²) in [6.45, 7) is 0. The molecule has 3 heterocycles. The van der Waals surface area contributed by atoms with Crippen LogP contribution in [-0.4, -0.2) is 57.9 Å². The first-order chi connectivity index (χ1) is 29.7. The zero-order valence-corrected chi connectivity index (χ0v) is 39.1. The monoisotopic (exact) mass is 840 g/mol. The molecule has 0 radical (unpaired) electrons. The fraction of sp³-hybridized carbons (Fsp3) is 1.00. The Balaban J connectivity index is 0.704. The minimum absolute atomic E-state index is 0.521. The van der Waals surface area contributed by atoms with Gasteiger partial charge in [0, 0.05) is 34.5 Å². The lowest BCUT2D eigenvalue weighted by molar-refractivity contribution is -0.0882. The minimum atomic E-state index is 0.521. The van der Waals surface area contributed by atoms with Gasteiger partial charge < -0.3 is 9.47 Å². The fourth-order valence-corrected chi connectivity index (χ4v) is 23.3. The van der Waals surface area contributed by atoms with Crippen LogP contribution in [0, 0.1) is 82.9 Å². The van der Waals surface area contributed by atoms with Crippen molar-refractivity contribution in [2.45, 2.75) is 265 Å². The molecule has 336 valence electrons. The summed E-state index contributed by atoms with van der Waals surface area (Å²) in [5, 5.41) is 2.00. The van der Waals surface area contributed by atoms with E-state index in [1.54, 1.807) is 109 Å². The van der Waals surface area contributed by atoms with Crippen LogP contribution in [0.25, 0.3) is 0 Å². The van der Waals surface area contributed by atoms with E-state index < -0.39 is 0 Å². The van der Waals surface area contributed by atoms with Crippen molar-refractivity contribution in [1.82, 2.24) is 4.90 Å². The second-order valence-corrected chi connectivity index (χ2v) is 26.9. The van der Waals surface area contributed by atoms with Crippen molar-refractivity contribution >= 4 is 11.8 Å². The van der Waals surface area contributed by atoms with Crippen LogP contribution in [0.5, 0.6) is 0 Å². The quantitative estimate of drug-likeness (QED) is 0.275. The zero-order chi connectivity index (χ0) is 39.3. The number of hydrogen-bond donors (Lipinski definition) is 0. The van der Waals surface area contributed by atoms with Crippen LogP contribution >= 0.6 is 11.8 Å². The average molecular weight is 840 g/mol. The third kappa shape index (κ3) is 7.07. The summed E-state index contributed by atoms with van der Waals surface area (Å²) in [7, 11) is 0. The van der Waals surface area contributed by atoms with E-state index in [0.29, 0.717) is 24.4 Å². The molecule has 19 atom stereocenters. The standard InChI is InChI=1S/C56H89NO2S/c1-2-11-40-36(10-1)32-49(43-13-4-3-12-42(40)43)35-22-26-38(27-23-35)57(39-28-29-45-44-14-6-8-19-52(44)60-53(45)33-39)37-24-20-34(21-25-37)41-16-9-17-46-47-30-31-51-54(56(47)59-55(41)46)48-15-5-7-18-50(48)58-51/h34-56H,1-33H2. The van der Waals surface area contributed by atoms with Gasteiger partial charge in [-0.3, -0.25) is 4.90 Å². The van der Waals surface area contributed by atoms with Crippen LogP contribution in [0.3, 0.4) is 0 Å². The maximum atomic E-state index is 7.57. The Labute approximate surface area is 372 Å². The van der Waals surface area contributed by atoms with Crippen LogP contribution in [0.4, 0.5) is 0 Å². The van der Waals surface area contributed by atoms with Gasteiger partial charge in [0.15, 0.2) is 0 Å². The first-order valence-corrected chi connectivity index (χ1v) is 29.4. The van der Waals surface area contributed by atoms with Gasteiger partial charge in [-0.25, -0.2) is 0 Å². The molecule has 60 heavy (non-hydrogen) atoms. The first kappa shape index (κ1) is 40.5. The summed E-state index contributed by atoms with van der Waals surface area (Å²) in [6, 6.07) is 2.63. The third-order valence-electron chi connectivity index (χ3n) is 23.3. The second kappa shape index (κ2) is 17.1. The molecule has 0 bridgehead atoms. The fourth-order valence-electron chi connectivity index (χ4n) is 21.1. The molecule has 13 aliphatic rings. The number of ether oxygens (including phenoxy) is 2. The maximum Gasteiger partial charge on any atom is 0.0667 e. The molecule has 19 unspecified atom stereocenters. The minimum Gasteiger partial charge on any atom is -0.374 e. The Morgan fingerprint density at radius 2 is 0.867 bits per heavy atom. The smallest absolute Gasteiger partial charge is 0.0667 e. The largest absolute Gasteiger partial charge is 0.374 e. The normalized spacial score (nSPS) is 56.2. The van der Waals surface area contributed by atoms with Gasteiger partial charge in [-0.1, -0.05) is 64.2 Å². The van der Waals surface area contributed by atoms with Crippen LogP contribution in [-0.2, 0) is 9.47 Å². The van der Waals surface area contributed by atoms with E-state index in [1.807, 2.05) is 0 Å². The Bertz CT molecular complexity index is 1470. The highest BCUT2D eigenvalue weighted by molar-refractivity contribution is 8.00. The molecule has 0 aromatic carbocycles. The lowest BCUT2D eigenvalue weighted by atomic mass is 9.51. The van der Waals surface area contributed by atoms with Crippen LogP contribution in [0.15, 0.2) is 0 Å².